The fourth-order valence-electron chi connectivity index (χ4n) is 1.22. The molecule has 0 unspecified atom stereocenters. The number of aliphatic hydroxyl groups is 1. The summed E-state index contributed by atoms with van der Waals surface area (Å²) in [6.45, 7) is -3.77. The van der Waals surface area contributed by atoms with Gasteiger partial charge in [-0.3, -0.25) is 15.5 Å². The predicted octanol–water partition coefficient (Wildman–Crippen LogP) is -4.33. The second kappa shape index (κ2) is 12.4. The molecule has 19 heavy (non-hydrogen) atoms. The minimum Gasteiger partial charge on any atom is -0.548 e. The van der Waals surface area contributed by atoms with Crippen molar-refractivity contribution in [2.75, 3.05) is 20.1 Å². The maximum atomic E-state index is 11.5. The van der Waals surface area contributed by atoms with Crippen molar-refractivity contribution in [3.05, 3.63) is 0 Å². The van der Waals surface area contributed by atoms with E-state index in [1.165, 1.54) is 0 Å². The molecule has 0 fully saturated rings. The van der Waals surface area contributed by atoms with Gasteiger partial charge in [-0.2, -0.15) is 0 Å². The largest absolute Gasteiger partial charge is 1.00 e. The standard InChI is InChI=1S/C11H21N3O4.Na/c1-14(8-10(17)18)11(12)13-9(16)6-4-2-3-5-7-15;/h15H,2-8H2,1H3,(H,17,18)(H2,12,13,16);/q;+1/p-1/i1D3;. The molecule has 0 radical (unpaired) electrons. The Morgan fingerprint density at radius 3 is 2.53 bits per heavy atom. The van der Waals surface area contributed by atoms with Crippen LogP contribution in [0.25, 0.3) is 0 Å². The third kappa shape index (κ3) is 12.2. The number of unbranched alkanes of at least 4 members (excludes halogenated alkanes) is 3. The molecule has 3 N–H and O–H groups in total. The van der Waals surface area contributed by atoms with Crippen LogP contribution in [0.3, 0.4) is 0 Å². The number of carboxylic acid groups (broad SMARTS) is 1. The average molecular weight is 284 g/mol. The van der Waals surface area contributed by atoms with Crippen molar-refractivity contribution < 1.29 is 53.5 Å². The number of aliphatic hydroxyl groups excluding tert-OH is 1. The molecule has 1 amide bonds. The summed E-state index contributed by atoms with van der Waals surface area (Å²) in [6.07, 6.45) is 2.77. The third-order valence-corrected chi connectivity index (χ3v) is 2.13. The van der Waals surface area contributed by atoms with Gasteiger partial charge in [-0.25, -0.2) is 0 Å². The average Bonchev–Trinajstić information content (AvgIpc) is 2.34. The molecule has 104 valence electrons. The van der Waals surface area contributed by atoms with E-state index >= 15 is 0 Å². The van der Waals surface area contributed by atoms with Gasteiger partial charge in [-0.15, -0.1) is 0 Å². The van der Waals surface area contributed by atoms with Gasteiger partial charge in [-0.1, -0.05) is 12.8 Å². The molecule has 0 saturated carbocycles. The number of carboxylic acids is 1. The normalized spacial score (nSPS) is 12.4. The van der Waals surface area contributed by atoms with Crippen LogP contribution in [-0.4, -0.2) is 48.0 Å². The smallest absolute Gasteiger partial charge is 0.548 e. The van der Waals surface area contributed by atoms with Gasteiger partial charge >= 0.3 is 29.6 Å². The molecule has 0 aliphatic heterocycles. The first kappa shape index (κ1) is 14.8. The van der Waals surface area contributed by atoms with E-state index in [0.717, 1.165) is 12.8 Å². The van der Waals surface area contributed by atoms with E-state index in [0.29, 0.717) is 12.8 Å². The van der Waals surface area contributed by atoms with E-state index < -0.39 is 31.4 Å². The molecule has 0 aromatic carbocycles. The summed E-state index contributed by atoms with van der Waals surface area (Å²) >= 11 is 0. The van der Waals surface area contributed by atoms with Crippen LogP contribution in [-0.2, 0) is 9.59 Å². The number of aliphatic carboxylic acids is 1. The van der Waals surface area contributed by atoms with Gasteiger partial charge in [0.25, 0.3) is 0 Å². The van der Waals surface area contributed by atoms with Crippen LogP contribution in [0, 0.1) is 5.41 Å². The van der Waals surface area contributed by atoms with Crippen molar-refractivity contribution >= 4 is 17.8 Å². The Balaban J connectivity index is 0. The molecule has 8 heteroatoms. The van der Waals surface area contributed by atoms with E-state index in [2.05, 4.69) is 5.32 Å². The van der Waals surface area contributed by atoms with E-state index in [1.54, 1.807) is 0 Å². The zero-order chi connectivity index (χ0) is 16.5. The van der Waals surface area contributed by atoms with Crippen LogP contribution in [0.4, 0.5) is 0 Å². The van der Waals surface area contributed by atoms with Crippen LogP contribution in [0.2, 0.25) is 0 Å². The summed E-state index contributed by atoms with van der Waals surface area (Å²) in [5, 5.41) is 28.6. The maximum absolute atomic E-state index is 11.5. The van der Waals surface area contributed by atoms with Gasteiger partial charge in [-0.05, 0) is 12.8 Å². The van der Waals surface area contributed by atoms with Gasteiger partial charge in [0.2, 0.25) is 5.91 Å². The molecule has 0 rings (SSSR count). The van der Waals surface area contributed by atoms with Crippen molar-refractivity contribution in [1.29, 1.82) is 5.41 Å². The summed E-state index contributed by atoms with van der Waals surface area (Å²) in [6, 6.07) is 0. The number of hydrogen-bond donors (Lipinski definition) is 3. The summed E-state index contributed by atoms with van der Waals surface area (Å²) in [7, 11) is 0. The first-order valence-electron chi connectivity index (χ1n) is 7.15. The Kier molecular flexibility index (Phi) is 9.65. The van der Waals surface area contributed by atoms with Crippen molar-refractivity contribution in [3.8, 4) is 0 Å². The van der Waals surface area contributed by atoms with Crippen LogP contribution in [0.5, 0.6) is 0 Å². The SMILES string of the molecule is [2H]C([2H])([2H])N(CC(=O)[O-])C(=N)NC(=O)CCCCCCO.[Na+]. The Bertz CT molecular complexity index is 380. The van der Waals surface area contributed by atoms with Crippen molar-refractivity contribution in [3.63, 3.8) is 0 Å². The number of guanidine groups is 1. The molecule has 0 heterocycles. The van der Waals surface area contributed by atoms with Gasteiger partial charge < -0.3 is 19.9 Å². The van der Waals surface area contributed by atoms with Crippen LogP contribution >= 0.6 is 0 Å². The van der Waals surface area contributed by atoms with Crippen LogP contribution in [0.1, 0.15) is 36.2 Å². The van der Waals surface area contributed by atoms with Gasteiger partial charge in [0, 0.05) is 24.1 Å². The number of likely N-dealkylation sites (N-methyl/N-ethyl adjacent to an activating group) is 1. The molecule has 0 aromatic heterocycles. The summed E-state index contributed by atoms with van der Waals surface area (Å²) in [5.74, 6) is -3.01. The molecular formula is C11H20N3NaO4. The van der Waals surface area contributed by atoms with Gasteiger partial charge in [0.15, 0.2) is 5.96 Å². The first-order valence-corrected chi connectivity index (χ1v) is 5.65. The number of hydrogen-bond acceptors (Lipinski definition) is 5. The fraction of sp³-hybridized carbons (Fsp3) is 0.727. The quantitative estimate of drug-likeness (QED) is 0.180. The van der Waals surface area contributed by atoms with Gasteiger partial charge in [0.1, 0.15) is 0 Å². The molecule has 0 aliphatic rings. The topological polar surface area (TPSA) is 117 Å². The fourth-order valence-corrected chi connectivity index (χ4v) is 1.22. The molecule has 7 nitrogen and oxygen atoms in total. The minimum absolute atomic E-state index is 0. The van der Waals surface area contributed by atoms with Crippen LogP contribution in [0.15, 0.2) is 0 Å². The first-order chi connectivity index (χ1) is 9.68. The number of nitrogens with zero attached hydrogens (tertiary/aromatic N) is 1. The second-order valence-corrected chi connectivity index (χ2v) is 3.74. The molecule has 0 aliphatic carbocycles. The Morgan fingerprint density at radius 2 is 2.00 bits per heavy atom. The monoisotopic (exact) mass is 284 g/mol. The van der Waals surface area contributed by atoms with Crippen molar-refractivity contribution in [2.45, 2.75) is 32.1 Å². The Labute approximate surface area is 139 Å². The molecule has 0 atom stereocenters. The second-order valence-electron chi connectivity index (χ2n) is 3.74. The number of carbonyl (C=O) groups excluding carboxylic acids is 2. The number of rotatable bonds is 8. The number of nitrogens with one attached hydrogen (secondary N) is 2. The Morgan fingerprint density at radius 1 is 1.37 bits per heavy atom. The molecule has 0 spiro atoms. The summed E-state index contributed by atoms with van der Waals surface area (Å²) in [5.41, 5.74) is 0. The molecule has 0 bridgehead atoms. The molecule has 0 saturated heterocycles. The number of carbonyl (C=O) groups is 2. The summed E-state index contributed by atoms with van der Waals surface area (Å²) in [4.78, 5) is 22.3. The maximum Gasteiger partial charge on any atom is 1.00 e. The zero-order valence-corrected chi connectivity index (χ0v) is 13.1. The molecular weight excluding hydrogens is 261 g/mol. The zero-order valence-electron chi connectivity index (χ0n) is 14.1. The predicted molar refractivity (Wildman–Crippen MR) is 63.7 cm³/mol. The van der Waals surface area contributed by atoms with Crippen LogP contribution < -0.4 is 40.0 Å². The van der Waals surface area contributed by atoms with E-state index in [4.69, 9.17) is 14.6 Å². The minimum atomic E-state index is -2.86. The van der Waals surface area contributed by atoms with Crippen molar-refractivity contribution in [2.24, 2.45) is 0 Å². The summed E-state index contributed by atoms with van der Waals surface area (Å²) < 4.78 is 21.4. The van der Waals surface area contributed by atoms with E-state index in [1.807, 2.05) is 0 Å². The Hall–Kier alpha value is -0.630. The van der Waals surface area contributed by atoms with E-state index in [9.17, 15) is 14.7 Å². The molecule has 0 aromatic rings. The third-order valence-electron chi connectivity index (χ3n) is 2.13. The van der Waals surface area contributed by atoms with Gasteiger partial charge in [0.05, 0.1) is 12.5 Å². The number of amides is 1. The van der Waals surface area contributed by atoms with E-state index in [-0.39, 0.29) is 47.5 Å². The van der Waals surface area contributed by atoms with Crippen molar-refractivity contribution in [1.82, 2.24) is 10.2 Å².